The first-order valence-electron chi connectivity index (χ1n) is 6.80. The van der Waals surface area contributed by atoms with Crippen molar-refractivity contribution in [1.82, 2.24) is 4.90 Å². The molecule has 0 aliphatic carbocycles. The van der Waals surface area contributed by atoms with Crippen molar-refractivity contribution in [2.75, 3.05) is 19.6 Å². The first-order chi connectivity index (χ1) is 9.86. The number of hydrogen-bond donors (Lipinski definition) is 0. The number of hydrogen-bond acceptors (Lipinski definition) is 2. The molecule has 2 nitrogen and oxygen atoms in total. The molecular weight excluding hydrogens is 306 g/mol. The third-order valence-corrected chi connectivity index (χ3v) is 5.23. The van der Waals surface area contributed by atoms with Crippen LogP contribution in [0.4, 0.5) is 17.6 Å². The van der Waals surface area contributed by atoms with Gasteiger partial charge >= 0.3 is 5.51 Å². The number of rotatable bonds is 4. The summed E-state index contributed by atoms with van der Waals surface area (Å²) < 4.78 is 61.2. The van der Waals surface area contributed by atoms with Gasteiger partial charge in [0.15, 0.2) is 0 Å². The molecule has 1 aromatic rings. The smallest absolute Gasteiger partial charge is 0.572 e. The maximum atomic E-state index is 12.8. The van der Waals surface area contributed by atoms with Gasteiger partial charge in [0.1, 0.15) is 11.1 Å². The van der Waals surface area contributed by atoms with Crippen molar-refractivity contribution in [3.63, 3.8) is 0 Å². The molecule has 1 aliphatic rings. The fourth-order valence-corrected chi connectivity index (χ4v) is 3.49. The Morgan fingerprint density at radius 2 is 1.71 bits per heavy atom. The number of likely N-dealkylation sites (tertiary alicyclic amines) is 1. The first kappa shape index (κ1) is 16.6. The molecule has 1 heterocycles. The van der Waals surface area contributed by atoms with E-state index in [2.05, 4.69) is 4.90 Å². The van der Waals surface area contributed by atoms with Gasteiger partial charge in [-0.25, -0.2) is 4.39 Å². The molecule has 2 rings (SSSR count). The van der Waals surface area contributed by atoms with Gasteiger partial charge in [0.25, 0.3) is 0 Å². The molecule has 0 radical (unpaired) electrons. The van der Waals surface area contributed by atoms with E-state index in [1.807, 2.05) is 0 Å². The second-order valence-electron chi connectivity index (χ2n) is 5.16. The molecule has 0 spiro atoms. The molecule has 21 heavy (non-hydrogen) atoms. The van der Waals surface area contributed by atoms with Crippen LogP contribution in [0.2, 0.25) is 0 Å². The van der Waals surface area contributed by atoms with Crippen LogP contribution in [0.5, 0.6) is 0 Å². The van der Waals surface area contributed by atoms with Crippen molar-refractivity contribution in [3.8, 4) is 0 Å². The Labute approximate surface area is 124 Å². The Bertz CT molecular complexity index is 443. The van der Waals surface area contributed by atoms with E-state index in [0.717, 1.165) is 18.5 Å². The molecule has 1 atom stereocenters. The monoisotopic (exact) mass is 323 g/mol. The number of nitrogens with zero attached hydrogens (tertiary/aromatic N) is 1. The van der Waals surface area contributed by atoms with Gasteiger partial charge in [-0.1, -0.05) is 12.1 Å². The lowest BCUT2D eigenvalue weighted by atomic mass is 10.1. The molecule has 1 aliphatic heterocycles. The van der Waals surface area contributed by atoms with Crippen molar-refractivity contribution in [3.05, 3.63) is 35.6 Å². The second kappa shape index (κ2) is 6.98. The van der Waals surface area contributed by atoms with E-state index in [4.69, 9.17) is 0 Å². The molecule has 7 heteroatoms. The maximum Gasteiger partial charge on any atom is 0.572 e. The predicted molar refractivity (Wildman–Crippen MR) is 73.8 cm³/mol. The molecule has 0 bridgehead atoms. The highest BCUT2D eigenvalue weighted by molar-refractivity contribution is 7.92. The van der Waals surface area contributed by atoms with Gasteiger partial charge in [-0.2, -0.15) is 0 Å². The molecule has 118 valence electrons. The van der Waals surface area contributed by atoms with Crippen molar-refractivity contribution in [1.29, 1.82) is 0 Å². The molecule has 1 fully saturated rings. The summed E-state index contributed by atoms with van der Waals surface area (Å²) in [5.41, 5.74) is -3.61. The van der Waals surface area contributed by atoms with Crippen LogP contribution in [0.3, 0.4) is 0 Å². The van der Waals surface area contributed by atoms with Crippen LogP contribution in [0.25, 0.3) is 0 Å². The fraction of sp³-hybridized carbons (Fsp3) is 0.571. The molecular formula is C14H17F4NOS. The van der Waals surface area contributed by atoms with Crippen molar-refractivity contribution in [2.45, 2.75) is 30.0 Å². The maximum absolute atomic E-state index is 12.8. The van der Waals surface area contributed by atoms with Gasteiger partial charge in [-0.05, 0) is 24.1 Å². The molecule has 0 aromatic heterocycles. The average molecular weight is 323 g/mol. The fourth-order valence-electron chi connectivity index (χ4n) is 2.47. The van der Waals surface area contributed by atoms with Crippen LogP contribution >= 0.6 is 0 Å². The van der Waals surface area contributed by atoms with Gasteiger partial charge in [-0.15, -0.1) is 13.2 Å². The van der Waals surface area contributed by atoms with Crippen LogP contribution in [0.1, 0.15) is 18.4 Å². The number of benzene rings is 1. The summed E-state index contributed by atoms with van der Waals surface area (Å²) in [6.07, 6.45) is 1.33. The highest BCUT2D eigenvalue weighted by atomic mass is 32.2. The van der Waals surface area contributed by atoms with Crippen LogP contribution < -0.4 is 0 Å². The lowest BCUT2D eigenvalue weighted by Crippen LogP contribution is -2.44. The van der Waals surface area contributed by atoms with Gasteiger partial charge in [-0.3, -0.25) is 0 Å². The van der Waals surface area contributed by atoms with Gasteiger partial charge < -0.3 is 9.45 Å². The summed E-state index contributed by atoms with van der Waals surface area (Å²) in [7, 11) is 0. The molecule has 1 unspecified atom stereocenters. The molecule has 1 aromatic carbocycles. The third kappa shape index (κ3) is 4.86. The summed E-state index contributed by atoms with van der Waals surface area (Å²) in [5.74, 6) is -0.283. The van der Waals surface area contributed by atoms with E-state index in [9.17, 15) is 22.1 Å². The van der Waals surface area contributed by atoms with Crippen LogP contribution in [0.15, 0.2) is 24.3 Å². The van der Waals surface area contributed by atoms with Crippen molar-refractivity contribution in [2.24, 2.45) is 0 Å². The van der Waals surface area contributed by atoms with Crippen LogP contribution in [0, 0.1) is 5.82 Å². The zero-order chi connectivity index (χ0) is 15.5. The summed E-state index contributed by atoms with van der Waals surface area (Å²) in [6, 6.07) is 6.21. The summed E-state index contributed by atoms with van der Waals surface area (Å²) in [4.78, 5) is 2.06. The average Bonchev–Trinajstić information content (AvgIpc) is 2.45. The standard InChI is InChI=1S/C14H17F4NOS/c15-12-3-1-11(2-4-12)5-8-19-9-6-13(7-10-19)21(20)14(16,17)18/h1-4,13H,5-10H2. The van der Waals surface area contributed by atoms with E-state index in [0.29, 0.717) is 25.9 Å². The van der Waals surface area contributed by atoms with E-state index in [1.54, 1.807) is 12.1 Å². The van der Waals surface area contributed by atoms with E-state index in [-0.39, 0.29) is 5.82 Å². The summed E-state index contributed by atoms with van der Waals surface area (Å²) >= 11 is -2.75. The van der Waals surface area contributed by atoms with E-state index in [1.165, 1.54) is 12.1 Å². The lowest BCUT2D eigenvalue weighted by Gasteiger charge is -2.32. The summed E-state index contributed by atoms with van der Waals surface area (Å²) in [6.45, 7) is 1.76. The lowest BCUT2D eigenvalue weighted by molar-refractivity contribution is -0.0449. The largest absolute Gasteiger partial charge is 0.609 e. The van der Waals surface area contributed by atoms with Crippen LogP contribution in [-0.2, 0) is 17.6 Å². The Hall–Kier alpha value is -0.790. The highest BCUT2D eigenvalue weighted by Gasteiger charge is 2.49. The van der Waals surface area contributed by atoms with Gasteiger partial charge in [0.2, 0.25) is 0 Å². The van der Waals surface area contributed by atoms with Crippen LogP contribution in [-0.4, -0.2) is 39.8 Å². The minimum absolute atomic E-state index is 0.283. The third-order valence-electron chi connectivity index (χ3n) is 3.70. The Morgan fingerprint density at radius 1 is 1.14 bits per heavy atom. The van der Waals surface area contributed by atoms with Crippen molar-refractivity contribution < 1.29 is 22.1 Å². The minimum Gasteiger partial charge on any atom is -0.609 e. The quantitative estimate of drug-likeness (QED) is 0.629. The predicted octanol–water partition coefficient (Wildman–Crippen LogP) is 3.10. The highest BCUT2D eigenvalue weighted by Crippen LogP contribution is 2.31. The Morgan fingerprint density at radius 3 is 2.24 bits per heavy atom. The second-order valence-corrected chi connectivity index (χ2v) is 6.89. The molecule has 1 saturated heterocycles. The Kier molecular flexibility index (Phi) is 5.51. The minimum atomic E-state index is -4.61. The molecule has 0 saturated carbocycles. The van der Waals surface area contributed by atoms with Gasteiger partial charge in [0.05, 0.1) is 11.2 Å². The Balaban J connectivity index is 1.75. The number of piperidine rings is 1. The number of halogens is 4. The zero-order valence-electron chi connectivity index (χ0n) is 11.4. The first-order valence-corrected chi connectivity index (χ1v) is 8.02. The number of alkyl halides is 3. The summed E-state index contributed by atoms with van der Waals surface area (Å²) in [5, 5.41) is -0.785. The molecule has 0 N–H and O–H groups in total. The normalized spacial score (nSPS) is 19.7. The zero-order valence-corrected chi connectivity index (χ0v) is 12.2. The van der Waals surface area contributed by atoms with E-state index < -0.39 is 21.9 Å². The topological polar surface area (TPSA) is 26.3 Å². The SMILES string of the molecule is [O-][S+](C1CCN(CCc2ccc(F)cc2)CC1)C(F)(F)F. The molecule has 0 amide bonds. The van der Waals surface area contributed by atoms with Crippen molar-refractivity contribution >= 4 is 11.2 Å². The van der Waals surface area contributed by atoms with E-state index >= 15 is 0 Å². The van der Waals surface area contributed by atoms with Gasteiger partial charge in [0, 0.05) is 32.5 Å².